The summed E-state index contributed by atoms with van der Waals surface area (Å²) in [5, 5.41) is 4.39. The summed E-state index contributed by atoms with van der Waals surface area (Å²) in [6.07, 6.45) is 5.17. The Morgan fingerprint density at radius 3 is 2.35 bits per heavy atom. The molecule has 1 aliphatic heterocycles. The maximum absolute atomic E-state index is 12.9. The van der Waals surface area contributed by atoms with Gasteiger partial charge in [0.2, 0.25) is 5.95 Å². The second kappa shape index (κ2) is 5.42. The highest BCUT2D eigenvalue weighted by Crippen LogP contribution is 2.36. The van der Waals surface area contributed by atoms with Crippen molar-refractivity contribution in [2.75, 3.05) is 0 Å². The summed E-state index contributed by atoms with van der Waals surface area (Å²) in [4.78, 5) is 3.69. The monoisotopic (exact) mass is 317 g/mol. The van der Waals surface area contributed by atoms with Gasteiger partial charge in [-0.3, -0.25) is 4.68 Å². The van der Waals surface area contributed by atoms with Crippen molar-refractivity contribution >= 4 is 12.6 Å². The van der Waals surface area contributed by atoms with E-state index in [-0.39, 0.29) is 17.2 Å². The van der Waals surface area contributed by atoms with Gasteiger partial charge >= 0.3 is 7.12 Å². The van der Waals surface area contributed by atoms with Crippen LogP contribution in [0.5, 0.6) is 0 Å². The van der Waals surface area contributed by atoms with E-state index in [9.17, 15) is 4.39 Å². The molecule has 23 heavy (non-hydrogen) atoms. The summed E-state index contributed by atoms with van der Waals surface area (Å²) in [5.74, 6) is -0.487. The summed E-state index contributed by atoms with van der Waals surface area (Å²) in [7, 11) is -0.438. The summed E-state index contributed by atoms with van der Waals surface area (Å²) < 4.78 is 26.8. The molecule has 0 aliphatic carbocycles. The quantitative estimate of drug-likeness (QED) is 0.644. The predicted octanol–water partition coefficient (Wildman–Crippen LogP) is 2.33. The molecule has 3 heterocycles. The number of aromatic nitrogens is 3. The van der Waals surface area contributed by atoms with Crippen LogP contribution in [0.15, 0.2) is 30.7 Å². The zero-order chi connectivity index (χ0) is 16.8. The molecule has 1 aliphatic rings. The number of nitrogens with zero attached hydrogens (tertiary/aromatic N) is 3. The molecule has 2 aromatic heterocycles. The molecule has 0 radical (unpaired) electrons. The Morgan fingerprint density at radius 1 is 1.13 bits per heavy atom. The highest BCUT2D eigenvalue weighted by molar-refractivity contribution is 6.62. The van der Waals surface area contributed by atoms with Crippen molar-refractivity contribution in [2.24, 2.45) is 0 Å². The maximum atomic E-state index is 12.9. The van der Waals surface area contributed by atoms with E-state index in [0.29, 0.717) is 0 Å². The Kier molecular flexibility index (Phi) is 3.81. The number of halogens is 1. The lowest BCUT2D eigenvalue weighted by Crippen LogP contribution is -2.41. The van der Waals surface area contributed by atoms with Gasteiger partial charge in [0.25, 0.3) is 0 Å². The zero-order valence-electron chi connectivity index (χ0n) is 14.1. The van der Waals surface area contributed by atoms with Crippen molar-refractivity contribution in [3.63, 3.8) is 0 Å². The van der Waals surface area contributed by atoms with Crippen LogP contribution >= 0.6 is 0 Å². The molecule has 0 saturated carbocycles. The molecule has 122 valence electrons. The van der Waals surface area contributed by atoms with Crippen LogP contribution in [-0.2, 0) is 9.31 Å². The molecule has 7 heteroatoms. The van der Waals surface area contributed by atoms with E-state index < -0.39 is 13.1 Å². The minimum Gasteiger partial charge on any atom is -0.399 e. The van der Waals surface area contributed by atoms with Gasteiger partial charge in [-0.2, -0.15) is 9.49 Å². The maximum Gasteiger partial charge on any atom is 0.498 e. The van der Waals surface area contributed by atoms with Crippen LogP contribution in [0.1, 0.15) is 46.2 Å². The lowest BCUT2D eigenvalue weighted by Gasteiger charge is -2.32. The van der Waals surface area contributed by atoms with Gasteiger partial charge in [-0.1, -0.05) is 6.07 Å². The highest BCUT2D eigenvalue weighted by atomic mass is 19.1. The Balaban J connectivity index is 1.80. The molecule has 0 N–H and O–H groups in total. The first-order chi connectivity index (χ1) is 10.7. The Bertz CT molecular complexity index is 684. The Labute approximate surface area is 136 Å². The van der Waals surface area contributed by atoms with Crippen LogP contribution in [0.4, 0.5) is 4.39 Å². The lowest BCUT2D eigenvalue weighted by atomic mass is 9.82. The minimum atomic E-state index is -0.487. The highest BCUT2D eigenvalue weighted by Gasteiger charge is 2.52. The van der Waals surface area contributed by atoms with Crippen molar-refractivity contribution in [2.45, 2.75) is 51.9 Å². The van der Waals surface area contributed by atoms with Crippen molar-refractivity contribution in [3.05, 3.63) is 42.2 Å². The second-order valence-corrected chi connectivity index (χ2v) is 6.93. The van der Waals surface area contributed by atoms with E-state index in [1.165, 1.54) is 12.3 Å². The van der Waals surface area contributed by atoms with Crippen molar-refractivity contribution in [1.82, 2.24) is 14.8 Å². The fraction of sp³-hybridized carbons (Fsp3) is 0.500. The summed E-state index contributed by atoms with van der Waals surface area (Å²) in [6, 6.07) is 3.01. The summed E-state index contributed by atoms with van der Waals surface area (Å²) in [5.41, 5.74) is 0.985. The number of hydrogen-bond acceptors (Lipinski definition) is 4. The average molecular weight is 317 g/mol. The van der Waals surface area contributed by atoms with E-state index in [1.54, 1.807) is 16.9 Å². The van der Waals surface area contributed by atoms with E-state index in [2.05, 4.69) is 10.1 Å². The minimum absolute atomic E-state index is 0.0562. The third kappa shape index (κ3) is 2.91. The molecule has 3 rings (SSSR count). The average Bonchev–Trinajstić information content (AvgIpc) is 3.02. The first kappa shape index (κ1) is 16.1. The number of pyridine rings is 1. The molecule has 0 spiro atoms. The summed E-state index contributed by atoms with van der Waals surface area (Å²) in [6.45, 7) is 10.1. The first-order valence-corrected chi connectivity index (χ1v) is 7.71. The third-order valence-electron chi connectivity index (χ3n) is 4.78. The van der Waals surface area contributed by atoms with E-state index in [1.807, 2.05) is 40.8 Å². The van der Waals surface area contributed by atoms with E-state index in [0.717, 1.165) is 11.0 Å². The topological polar surface area (TPSA) is 49.2 Å². The Hall–Kier alpha value is -1.73. The fourth-order valence-electron chi connectivity index (χ4n) is 2.45. The zero-order valence-corrected chi connectivity index (χ0v) is 14.1. The lowest BCUT2D eigenvalue weighted by molar-refractivity contribution is 0.00578. The van der Waals surface area contributed by atoms with Gasteiger partial charge in [-0.05, 0) is 46.2 Å². The largest absolute Gasteiger partial charge is 0.498 e. The molecule has 5 nitrogen and oxygen atoms in total. The number of hydrogen-bond donors (Lipinski definition) is 0. The van der Waals surface area contributed by atoms with Crippen LogP contribution in [0.3, 0.4) is 0 Å². The van der Waals surface area contributed by atoms with Crippen LogP contribution in [0.2, 0.25) is 0 Å². The van der Waals surface area contributed by atoms with E-state index >= 15 is 0 Å². The molecule has 0 aromatic carbocycles. The molecule has 1 atom stereocenters. The normalized spacial score (nSPS) is 20.7. The Morgan fingerprint density at radius 2 is 1.78 bits per heavy atom. The van der Waals surface area contributed by atoms with Crippen molar-refractivity contribution in [3.8, 4) is 0 Å². The second-order valence-electron chi connectivity index (χ2n) is 6.93. The first-order valence-electron chi connectivity index (χ1n) is 7.71. The standard InChI is InChI=1S/C16H21BFN3O2/c1-11(12-6-7-14(18)19-8-12)21-10-13(9-20-21)17-22-15(2,3)16(4,5)23-17/h6-11H,1-5H3. The van der Waals surface area contributed by atoms with Crippen LogP contribution in [0.25, 0.3) is 0 Å². The van der Waals surface area contributed by atoms with Gasteiger partial charge in [0.15, 0.2) is 0 Å². The molecule has 0 bridgehead atoms. The molecule has 1 unspecified atom stereocenters. The van der Waals surface area contributed by atoms with Gasteiger partial charge in [0, 0.05) is 24.1 Å². The molecule has 1 saturated heterocycles. The van der Waals surface area contributed by atoms with Crippen molar-refractivity contribution in [1.29, 1.82) is 0 Å². The fourth-order valence-corrected chi connectivity index (χ4v) is 2.45. The SMILES string of the molecule is CC(c1ccc(F)nc1)n1cc(B2OC(C)(C)C(C)(C)O2)cn1. The van der Waals surface area contributed by atoms with Gasteiger partial charge in [-0.15, -0.1) is 0 Å². The molecule has 0 amide bonds. The molecule has 2 aromatic rings. The van der Waals surface area contributed by atoms with Gasteiger partial charge in [0.05, 0.1) is 17.2 Å². The van der Waals surface area contributed by atoms with E-state index in [4.69, 9.17) is 9.31 Å². The molecule has 1 fully saturated rings. The number of rotatable bonds is 3. The van der Waals surface area contributed by atoms with Gasteiger partial charge in [0.1, 0.15) is 0 Å². The van der Waals surface area contributed by atoms with Crippen LogP contribution in [0, 0.1) is 5.95 Å². The van der Waals surface area contributed by atoms with Gasteiger partial charge < -0.3 is 9.31 Å². The molecular weight excluding hydrogens is 296 g/mol. The van der Waals surface area contributed by atoms with Crippen LogP contribution < -0.4 is 5.46 Å². The predicted molar refractivity (Wildman–Crippen MR) is 86.0 cm³/mol. The van der Waals surface area contributed by atoms with Gasteiger partial charge in [-0.25, -0.2) is 4.98 Å². The smallest absolute Gasteiger partial charge is 0.399 e. The van der Waals surface area contributed by atoms with Crippen LogP contribution in [-0.4, -0.2) is 33.1 Å². The molecular formula is C16H21BFN3O2. The third-order valence-corrected chi connectivity index (χ3v) is 4.78. The van der Waals surface area contributed by atoms with Crippen molar-refractivity contribution < 1.29 is 13.7 Å². The summed E-state index contributed by atoms with van der Waals surface area (Å²) >= 11 is 0.